The van der Waals surface area contributed by atoms with Gasteiger partial charge in [0.15, 0.2) is 5.65 Å². The Kier molecular flexibility index (Phi) is 4.60. The predicted octanol–water partition coefficient (Wildman–Crippen LogP) is 1.45. The smallest absolute Gasteiger partial charge is 0.263 e. The molecule has 0 aliphatic heterocycles. The summed E-state index contributed by atoms with van der Waals surface area (Å²) >= 11 is 0. The van der Waals surface area contributed by atoms with E-state index in [4.69, 9.17) is 9.47 Å². The molecular formula is C17H16N4O4. The first kappa shape index (κ1) is 16.4. The summed E-state index contributed by atoms with van der Waals surface area (Å²) in [4.78, 5) is 32.8. The standard InChI is InChI=1S/C17H16N4O4/c1-24-12-6-11(7-13(8-12)25-2)20-15(22)9-21-10-19-16-14(17(21)23)4-3-5-18-16/h3-8,10H,9H2,1-2H3,(H,20,22). The van der Waals surface area contributed by atoms with E-state index in [1.165, 1.54) is 25.1 Å². The van der Waals surface area contributed by atoms with Crippen LogP contribution in [0.5, 0.6) is 11.5 Å². The molecular weight excluding hydrogens is 324 g/mol. The number of rotatable bonds is 5. The third-order valence-electron chi connectivity index (χ3n) is 3.55. The van der Waals surface area contributed by atoms with Gasteiger partial charge < -0.3 is 14.8 Å². The van der Waals surface area contributed by atoms with E-state index in [2.05, 4.69) is 15.3 Å². The highest BCUT2D eigenvalue weighted by molar-refractivity contribution is 5.91. The van der Waals surface area contributed by atoms with Gasteiger partial charge in [-0.3, -0.25) is 14.2 Å². The fourth-order valence-corrected chi connectivity index (χ4v) is 2.35. The van der Waals surface area contributed by atoms with Crippen molar-refractivity contribution in [1.82, 2.24) is 14.5 Å². The van der Waals surface area contributed by atoms with Crippen LogP contribution in [-0.2, 0) is 11.3 Å². The molecule has 0 saturated carbocycles. The molecule has 25 heavy (non-hydrogen) atoms. The number of nitrogens with one attached hydrogen (secondary N) is 1. The highest BCUT2D eigenvalue weighted by atomic mass is 16.5. The Balaban J connectivity index is 1.81. The van der Waals surface area contributed by atoms with Gasteiger partial charge in [0.1, 0.15) is 24.4 Å². The van der Waals surface area contributed by atoms with Gasteiger partial charge in [-0.05, 0) is 12.1 Å². The van der Waals surface area contributed by atoms with E-state index in [1.54, 1.807) is 36.5 Å². The first-order chi connectivity index (χ1) is 12.1. The van der Waals surface area contributed by atoms with Crippen molar-refractivity contribution in [3.63, 3.8) is 0 Å². The maximum Gasteiger partial charge on any atom is 0.263 e. The predicted molar refractivity (Wildman–Crippen MR) is 92.0 cm³/mol. The summed E-state index contributed by atoms with van der Waals surface area (Å²) in [6.07, 6.45) is 2.87. The number of aromatic nitrogens is 3. The average molecular weight is 340 g/mol. The second-order valence-electron chi connectivity index (χ2n) is 5.20. The number of methoxy groups -OCH3 is 2. The van der Waals surface area contributed by atoms with Gasteiger partial charge in [0.2, 0.25) is 5.91 Å². The lowest BCUT2D eigenvalue weighted by molar-refractivity contribution is -0.116. The molecule has 128 valence electrons. The highest BCUT2D eigenvalue weighted by Crippen LogP contribution is 2.25. The van der Waals surface area contributed by atoms with Crippen molar-refractivity contribution in [1.29, 1.82) is 0 Å². The van der Waals surface area contributed by atoms with Crippen LogP contribution in [0.4, 0.5) is 5.69 Å². The Bertz CT molecular complexity index is 962. The molecule has 0 unspecified atom stereocenters. The van der Waals surface area contributed by atoms with Gasteiger partial charge in [-0.15, -0.1) is 0 Å². The second kappa shape index (κ2) is 7.00. The zero-order chi connectivity index (χ0) is 17.8. The number of carbonyl (C=O) groups is 1. The molecule has 3 rings (SSSR count). The number of nitrogens with zero attached hydrogens (tertiary/aromatic N) is 3. The number of ether oxygens (including phenoxy) is 2. The number of pyridine rings is 1. The van der Waals surface area contributed by atoms with Crippen molar-refractivity contribution in [3.05, 3.63) is 53.2 Å². The van der Waals surface area contributed by atoms with Crippen LogP contribution >= 0.6 is 0 Å². The van der Waals surface area contributed by atoms with Crippen molar-refractivity contribution in [2.24, 2.45) is 0 Å². The van der Waals surface area contributed by atoms with Crippen molar-refractivity contribution in [2.75, 3.05) is 19.5 Å². The Hall–Kier alpha value is -3.42. The van der Waals surface area contributed by atoms with Crippen LogP contribution < -0.4 is 20.3 Å². The molecule has 0 aliphatic rings. The van der Waals surface area contributed by atoms with Crippen LogP contribution in [0.1, 0.15) is 0 Å². The number of benzene rings is 1. The lowest BCUT2D eigenvalue weighted by Crippen LogP contribution is -2.28. The monoisotopic (exact) mass is 340 g/mol. The first-order valence-electron chi connectivity index (χ1n) is 7.44. The molecule has 8 heteroatoms. The van der Waals surface area contributed by atoms with Gasteiger partial charge in [0.05, 0.1) is 19.6 Å². The van der Waals surface area contributed by atoms with Crippen molar-refractivity contribution in [2.45, 2.75) is 6.54 Å². The summed E-state index contributed by atoms with van der Waals surface area (Å²) in [5, 5.41) is 3.07. The average Bonchev–Trinajstić information content (AvgIpc) is 2.63. The third kappa shape index (κ3) is 3.57. The SMILES string of the molecule is COc1cc(NC(=O)Cn2cnc3ncccc3c2=O)cc(OC)c1. The summed E-state index contributed by atoms with van der Waals surface area (Å²) in [7, 11) is 3.05. The normalized spacial score (nSPS) is 10.5. The molecule has 0 atom stereocenters. The van der Waals surface area contributed by atoms with Crippen LogP contribution in [0.3, 0.4) is 0 Å². The summed E-state index contributed by atoms with van der Waals surface area (Å²) in [5.41, 5.74) is 0.530. The van der Waals surface area contributed by atoms with E-state index in [0.29, 0.717) is 28.2 Å². The van der Waals surface area contributed by atoms with E-state index >= 15 is 0 Å². The molecule has 0 spiro atoms. The van der Waals surface area contributed by atoms with Gasteiger partial charge in [0, 0.05) is 30.1 Å². The number of amides is 1. The second-order valence-corrected chi connectivity index (χ2v) is 5.20. The summed E-state index contributed by atoms with van der Waals surface area (Å²) in [6.45, 7) is -0.170. The molecule has 3 aromatic rings. The highest BCUT2D eigenvalue weighted by Gasteiger charge is 2.10. The zero-order valence-electron chi connectivity index (χ0n) is 13.7. The molecule has 8 nitrogen and oxygen atoms in total. The summed E-state index contributed by atoms with van der Waals surface area (Å²) < 4.78 is 11.6. The van der Waals surface area contributed by atoms with Crippen LogP contribution in [0.2, 0.25) is 0 Å². The van der Waals surface area contributed by atoms with E-state index in [-0.39, 0.29) is 18.0 Å². The minimum absolute atomic E-state index is 0.170. The maximum absolute atomic E-state index is 12.4. The quantitative estimate of drug-likeness (QED) is 0.755. The Labute approximate surface area is 143 Å². The molecule has 1 aromatic carbocycles. The van der Waals surface area contributed by atoms with Gasteiger partial charge in [-0.2, -0.15) is 0 Å². The lowest BCUT2D eigenvalue weighted by Gasteiger charge is -2.10. The number of anilines is 1. The van der Waals surface area contributed by atoms with E-state index in [1.807, 2.05) is 0 Å². The topological polar surface area (TPSA) is 95.3 Å². The maximum atomic E-state index is 12.4. The zero-order valence-corrected chi connectivity index (χ0v) is 13.7. The Morgan fingerprint density at radius 1 is 1.16 bits per heavy atom. The number of fused-ring (bicyclic) bond motifs is 1. The van der Waals surface area contributed by atoms with E-state index in [0.717, 1.165) is 0 Å². The van der Waals surface area contributed by atoms with Gasteiger partial charge in [0.25, 0.3) is 5.56 Å². The fraction of sp³-hybridized carbons (Fsp3) is 0.176. The van der Waals surface area contributed by atoms with Gasteiger partial charge in [-0.1, -0.05) is 0 Å². The molecule has 2 aromatic heterocycles. The number of carbonyl (C=O) groups excluding carboxylic acids is 1. The molecule has 0 saturated heterocycles. The molecule has 2 heterocycles. The Morgan fingerprint density at radius 3 is 2.56 bits per heavy atom. The summed E-state index contributed by atoms with van der Waals surface area (Å²) in [5.74, 6) is 0.720. The molecule has 1 amide bonds. The van der Waals surface area contributed by atoms with Crippen LogP contribution in [0.25, 0.3) is 11.0 Å². The van der Waals surface area contributed by atoms with Crippen LogP contribution in [-0.4, -0.2) is 34.7 Å². The summed E-state index contributed by atoms with van der Waals surface area (Å²) in [6, 6.07) is 8.29. The van der Waals surface area contributed by atoms with Crippen molar-refractivity contribution < 1.29 is 14.3 Å². The van der Waals surface area contributed by atoms with Crippen LogP contribution in [0.15, 0.2) is 47.7 Å². The van der Waals surface area contributed by atoms with Gasteiger partial charge in [-0.25, -0.2) is 9.97 Å². The Morgan fingerprint density at radius 2 is 1.88 bits per heavy atom. The fourth-order valence-electron chi connectivity index (χ4n) is 2.35. The third-order valence-corrected chi connectivity index (χ3v) is 3.55. The molecule has 0 fully saturated rings. The lowest BCUT2D eigenvalue weighted by atomic mass is 10.2. The largest absolute Gasteiger partial charge is 0.497 e. The van der Waals surface area contributed by atoms with Gasteiger partial charge >= 0.3 is 0 Å². The van der Waals surface area contributed by atoms with E-state index in [9.17, 15) is 9.59 Å². The van der Waals surface area contributed by atoms with E-state index < -0.39 is 0 Å². The first-order valence-corrected chi connectivity index (χ1v) is 7.44. The minimum Gasteiger partial charge on any atom is -0.497 e. The van der Waals surface area contributed by atoms with Crippen molar-refractivity contribution in [3.8, 4) is 11.5 Å². The minimum atomic E-state index is -0.373. The molecule has 1 N–H and O–H groups in total. The number of hydrogen-bond donors (Lipinski definition) is 1. The molecule has 0 radical (unpaired) electrons. The van der Waals surface area contributed by atoms with Crippen LogP contribution in [0, 0.1) is 0 Å². The number of hydrogen-bond acceptors (Lipinski definition) is 6. The van der Waals surface area contributed by atoms with Crippen molar-refractivity contribution >= 4 is 22.6 Å². The molecule has 0 bridgehead atoms. The molecule has 0 aliphatic carbocycles.